The van der Waals surface area contributed by atoms with Crippen molar-refractivity contribution >= 4 is 44.9 Å². The van der Waals surface area contributed by atoms with Gasteiger partial charge >= 0.3 is 0 Å². The molecule has 4 heterocycles. The fourth-order valence-electron chi connectivity index (χ4n) is 6.11. The van der Waals surface area contributed by atoms with Crippen molar-refractivity contribution in [1.82, 2.24) is 15.2 Å². The summed E-state index contributed by atoms with van der Waals surface area (Å²) < 4.78 is 28.7. The Bertz CT molecular complexity index is 1670. The average molecular weight is 574 g/mol. The number of aryl methyl sites for hydroxylation is 1. The van der Waals surface area contributed by atoms with Crippen LogP contribution in [-0.2, 0) is 32.5 Å². The molecule has 0 spiro atoms. The summed E-state index contributed by atoms with van der Waals surface area (Å²) >= 11 is 0. The molecule has 214 valence electrons. The Morgan fingerprint density at radius 2 is 1.85 bits per heavy atom. The third-order valence-corrected chi connectivity index (χ3v) is 10.2. The van der Waals surface area contributed by atoms with Crippen LogP contribution in [0.5, 0.6) is 0 Å². The zero-order valence-electron chi connectivity index (χ0n) is 23.4. The SMILES string of the molecule is Cc1[nH]c(C=C2C(=O)Nc3ccc(S(=O)(=O)N4CCc5ccccc54)cc32)c(C)c1CC(=O)NCCN1CCCC1. The molecule has 0 bridgehead atoms. The van der Waals surface area contributed by atoms with E-state index in [0.29, 0.717) is 42.0 Å². The Labute approximate surface area is 240 Å². The number of likely N-dealkylation sites (tertiary alicyclic amines) is 1. The summed E-state index contributed by atoms with van der Waals surface area (Å²) in [4.78, 5) is 31.5. The maximum atomic E-state index is 13.7. The second-order valence-electron chi connectivity index (χ2n) is 11.0. The van der Waals surface area contributed by atoms with Crippen LogP contribution in [0.25, 0.3) is 11.6 Å². The monoisotopic (exact) mass is 573 g/mol. The molecule has 3 aromatic rings. The fraction of sp³-hybridized carbons (Fsp3) is 0.355. The third-order valence-electron chi connectivity index (χ3n) is 8.41. The van der Waals surface area contributed by atoms with Gasteiger partial charge in [0.15, 0.2) is 0 Å². The van der Waals surface area contributed by atoms with Gasteiger partial charge in [0.2, 0.25) is 5.91 Å². The molecule has 1 saturated heterocycles. The quantitative estimate of drug-likeness (QED) is 0.356. The van der Waals surface area contributed by atoms with E-state index in [9.17, 15) is 18.0 Å². The Balaban J connectivity index is 1.23. The first kappa shape index (κ1) is 27.3. The lowest BCUT2D eigenvalue weighted by Gasteiger charge is -2.20. The van der Waals surface area contributed by atoms with Crippen molar-refractivity contribution in [3.05, 3.63) is 76.1 Å². The molecule has 3 N–H and O–H groups in total. The first-order valence-electron chi connectivity index (χ1n) is 14.2. The second kappa shape index (κ2) is 10.8. The van der Waals surface area contributed by atoms with E-state index in [1.165, 1.54) is 17.1 Å². The van der Waals surface area contributed by atoms with Crippen LogP contribution in [0.4, 0.5) is 11.4 Å². The molecule has 2 amide bonds. The van der Waals surface area contributed by atoms with Gasteiger partial charge in [-0.3, -0.25) is 13.9 Å². The van der Waals surface area contributed by atoms with Crippen LogP contribution in [-0.4, -0.2) is 62.8 Å². The van der Waals surface area contributed by atoms with Gasteiger partial charge in [-0.25, -0.2) is 8.42 Å². The number of sulfonamides is 1. The normalized spacial score (nSPS) is 17.7. The molecule has 0 unspecified atom stereocenters. The highest BCUT2D eigenvalue weighted by Crippen LogP contribution is 2.38. The van der Waals surface area contributed by atoms with Crippen LogP contribution < -0.4 is 14.9 Å². The molecule has 1 aromatic heterocycles. The van der Waals surface area contributed by atoms with Crippen molar-refractivity contribution in [2.75, 3.05) is 42.3 Å². The molecule has 41 heavy (non-hydrogen) atoms. The summed E-state index contributed by atoms with van der Waals surface area (Å²) in [6.07, 6.45) is 5.11. The molecule has 0 saturated carbocycles. The van der Waals surface area contributed by atoms with Gasteiger partial charge in [-0.2, -0.15) is 0 Å². The molecule has 9 nitrogen and oxygen atoms in total. The molecular weight excluding hydrogens is 538 g/mol. The minimum absolute atomic E-state index is 0.0316. The van der Waals surface area contributed by atoms with Gasteiger partial charge in [0.05, 0.1) is 22.6 Å². The zero-order chi connectivity index (χ0) is 28.7. The number of hydrogen-bond donors (Lipinski definition) is 3. The van der Waals surface area contributed by atoms with E-state index in [1.807, 2.05) is 38.1 Å². The van der Waals surface area contributed by atoms with Crippen LogP contribution in [0.3, 0.4) is 0 Å². The molecule has 2 aromatic carbocycles. The topological polar surface area (TPSA) is 115 Å². The van der Waals surface area contributed by atoms with E-state index >= 15 is 0 Å². The summed E-state index contributed by atoms with van der Waals surface area (Å²) in [5.41, 5.74) is 6.57. The van der Waals surface area contributed by atoms with Crippen molar-refractivity contribution in [1.29, 1.82) is 0 Å². The Hall–Kier alpha value is -3.89. The minimum Gasteiger partial charge on any atom is -0.359 e. The van der Waals surface area contributed by atoms with Crippen molar-refractivity contribution in [3.63, 3.8) is 0 Å². The highest BCUT2D eigenvalue weighted by atomic mass is 32.2. The first-order chi connectivity index (χ1) is 19.7. The van der Waals surface area contributed by atoms with Crippen molar-refractivity contribution in [2.24, 2.45) is 0 Å². The van der Waals surface area contributed by atoms with Gasteiger partial charge in [0.1, 0.15) is 0 Å². The summed E-state index contributed by atoms with van der Waals surface area (Å²) in [6, 6.07) is 12.3. The lowest BCUT2D eigenvalue weighted by atomic mass is 10.0. The van der Waals surface area contributed by atoms with Gasteiger partial charge < -0.3 is 20.5 Å². The predicted molar refractivity (Wildman–Crippen MR) is 160 cm³/mol. The highest BCUT2D eigenvalue weighted by Gasteiger charge is 2.33. The van der Waals surface area contributed by atoms with E-state index in [1.54, 1.807) is 24.3 Å². The number of para-hydroxylation sites is 1. The van der Waals surface area contributed by atoms with Crippen LogP contribution in [0.15, 0.2) is 47.4 Å². The molecule has 0 atom stereocenters. The van der Waals surface area contributed by atoms with Gasteiger partial charge in [0.25, 0.3) is 15.9 Å². The molecule has 6 rings (SSSR count). The summed E-state index contributed by atoms with van der Waals surface area (Å²) in [5, 5.41) is 5.88. The molecule has 0 radical (unpaired) electrons. The smallest absolute Gasteiger partial charge is 0.264 e. The van der Waals surface area contributed by atoms with Crippen molar-refractivity contribution in [3.8, 4) is 0 Å². The maximum absolute atomic E-state index is 13.7. The molecule has 3 aliphatic heterocycles. The maximum Gasteiger partial charge on any atom is 0.264 e. The highest BCUT2D eigenvalue weighted by molar-refractivity contribution is 7.92. The number of fused-ring (bicyclic) bond motifs is 2. The number of H-pyrrole nitrogens is 1. The lowest BCUT2D eigenvalue weighted by molar-refractivity contribution is -0.120. The number of rotatable bonds is 8. The predicted octanol–water partition coefficient (Wildman–Crippen LogP) is 3.63. The van der Waals surface area contributed by atoms with Gasteiger partial charge in [-0.05, 0) is 93.2 Å². The van der Waals surface area contributed by atoms with E-state index in [2.05, 4.69) is 20.5 Å². The van der Waals surface area contributed by atoms with E-state index in [-0.39, 0.29) is 23.1 Å². The van der Waals surface area contributed by atoms with Gasteiger partial charge in [-0.15, -0.1) is 0 Å². The van der Waals surface area contributed by atoms with Crippen LogP contribution >= 0.6 is 0 Å². The molecule has 1 fully saturated rings. The number of aromatic nitrogens is 1. The fourth-order valence-corrected chi connectivity index (χ4v) is 7.64. The number of anilines is 2. The number of aromatic amines is 1. The number of nitrogens with zero attached hydrogens (tertiary/aromatic N) is 2. The number of carbonyl (C=O) groups excluding carboxylic acids is 2. The third kappa shape index (κ3) is 5.17. The number of amides is 2. The van der Waals surface area contributed by atoms with Crippen LogP contribution in [0.1, 0.15) is 46.5 Å². The molecular formula is C31H35N5O4S. The minimum atomic E-state index is -3.81. The summed E-state index contributed by atoms with van der Waals surface area (Å²) in [7, 11) is -3.81. The molecule has 0 aliphatic carbocycles. The lowest BCUT2D eigenvalue weighted by Crippen LogP contribution is -2.34. The summed E-state index contributed by atoms with van der Waals surface area (Å²) in [5.74, 6) is -0.329. The second-order valence-corrected chi connectivity index (χ2v) is 12.9. The Morgan fingerprint density at radius 1 is 1.07 bits per heavy atom. The van der Waals surface area contributed by atoms with Crippen molar-refractivity contribution in [2.45, 2.75) is 44.4 Å². The Morgan fingerprint density at radius 3 is 2.66 bits per heavy atom. The average Bonchev–Trinajstić information content (AvgIpc) is 3.73. The van der Waals surface area contributed by atoms with Crippen LogP contribution in [0, 0.1) is 13.8 Å². The number of carbonyl (C=O) groups is 2. The molecule has 10 heteroatoms. The molecule has 3 aliphatic rings. The first-order valence-corrected chi connectivity index (χ1v) is 15.6. The van der Waals surface area contributed by atoms with E-state index < -0.39 is 10.0 Å². The summed E-state index contributed by atoms with van der Waals surface area (Å²) in [6.45, 7) is 7.92. The van der Waals surface area contributed by atoms with Gasteiger partial charge in [0, 0.05) is 42.3 Å². The van der Waals surface area contributed by atoms with E-state index in [4.69, 9.17) is 0 Å². The Kier molecular flexibility index (Phi) is 7.21. The standard InChI is InChI=1S/C31H35N5O4S/c1-20-24(19-30(37)32-12-16-35-13-5-6-14-35)21(2)33-28(20)18-26-25-17-23(9-10-27(25)34-31(26)38)41(39,40)36-15-11-22-7-3-4-8-29(22)36/h3-4,7-10,17-18,33H,5-6,11-16,19H2,1-2H3,(H,32,37)(H,34,38). The zero-order valence-corrected chi connectivity index (χ0v) is 24.2. The number of hydrogen-bond acceptors (Lipinski definition) is 5. The number of benzene rings is 2. The van der Waals surface area contributed by atoms with Crippen molar-refractivity contribution < 1.29 is 18.0 Å². The van der Waals surface area contributed by atoms with Crippen LogP contribution in [0.2, 0.25) is 0 Å². The van der Waals surface area contributed by atoms with Gasteiger partial charge in [-0.1, -0.05) is 18.2 Å². The largest absolute Gasteiger partial charge is 0.359 e. The number of nitrogens with one attached hydrogen (secondary N) is 3. The van der Waals surface area contributed by atoms with E-state index in [0.717, 1.165) is 47.7 Å².